The Morgan fingerprint density at radius 1 is 1.29 bits per heavy atom. The van der Waals surface area contributed by atoms with Crippen LogP contribution in [0.2, 0.25) is 0 Å². The van der Waals surface area contributed by atoms with E-state index in [0.717, 1.165) is 11.3 Å². The lowest BCUT2D eigenvalue weighted by atomic mass is 10.2. The van der Waals surface area contributed by atoms with Crippen molar-refractivity contribution in [3.8, 4) is 5.75 Å². The van der Waals surface area contributed by atoms with Crippen LogP contribution in [0.1, 0.15) is 18.9 Å². The molecule has 0 amide bonds. The van der Waals surface area contributed by atoms with E-state index in [1.54, 1.807) is 0 Å². The predicted molar refractivity (Wildman–Crippen MR) is 58.3 cm³/mol. The van der Waals surface area contributed by atoms with Crippen LogP contribution in [-0.2, 0) is 0 Å². The van der Waals surface area contributed by atoms with E-state index in [2.05, 4.69) is 0 Å². The maximum absolute atomic E-state index is 8.59. The van der Waals surface area contributed by atoms with E-state index in [0.29, 0.717) is 13.0 Å². The van der Waals surface area contributed by atoms with Gasteiger partial charge in [0.15, 0.2) is 0 Å². The van der Waals surface area contributed by atoms with Gasteiger partial charge < -0.3 is 9.84 Å². The molecule has 0 spiro atoms. The first-order chi connectivity index (χ1) is 6.86. The molecule has 14 heavy (non-hydrogen) atoms. The van der Waals surface area contributed by atoms with Crippen molar-refractivity contribution in [3.05, 3.63) is 35.9 Å². The molecular weight excluding hydrogens is 176 g/mol. The van der Waals surface area contributed by atoms with Crippen molar-refractivity contribution >= 4 is 6.08 Å². The van der Waals surface area contributed by atoms with E-state index >= 15 is 0 Å². The van der Waals surface area contributed by atoms with Crippen LogP contribution in [0.4, 0.5) is 0 Å². The third-order valence-corrected chi connectivity index (χ3v) is 1.80. The third-order valence-electron chi connectivity index (χ3n) is 1.80. The molecule has 76 valence electrons. The summed E-state index contributed by atoms with van der Waals surface area (Å²) in [5.41, 5.74) is 1.13. The van der Waals surface area contributed by atoms with Crippen molar-refractivity contribution in [1.82, 2.24) is 0 Å². The normalized spacial score (nSPS) is 10.7. The van der Waals surface area contributed by atoms with E-state index in [-0.39, 0.29) is 6.61 Å². The second-order valence-corrected chi connectivity index (χ2v) is 2.92. The zero-order chi connectivity index (χ0) is 10.2. The Hall–Kier alpha value is -1.28. The minimum Gasteiger partial charge on any atom is -0.494 e. The first kappa shape index (κ1) is 10.8. The first-order valence-electron chi connectivity index (χ1n) is 4.87. The zero-order valence-electron chi connectivity index (χ0n) is 8.44. The van der Waals surface area contributed by atoms with Crippen LogP contribution in [0, 0.1) is 0 Å². The molecule has 0 saturated heterocycles. The summed E-state index contributed by atoms with van der Waals surface area (Å²) in [7, 11) is 0. The highest BCUT2D eigenvalue weighted by atomic mass is 16.5. The number of hydrogen-bond donors (Lipinski definition) is 1. The molecule has 1 N–H and O–H groups in total. The van der Waals surface area contributed by atoms with Gasteiger partial charge in [0.1, 0.15) is 5.75 Å². The lowest BCUT2D eigenvalue weighted by molar-refractivity contribution is 0.303. The Kier molecular flexibility index (Phi) is 4.79. The predicted octanol–water partition coefficient (Wildman–Crippen LogP) is 2.48. The Balaban J connectivity index is 2.54. The van der Waals surface area contributed by atoms with Crippen LogP contribution in [-0.4, -0.2) is 18.3 Å². The Labute approximate surface area is 84.8 Å². The highest BCUT2D eigenvalue weighted by Crippen LogP contribution is 2.13. The Bertz CT molecular complexity index is 275. The summed E-state index contributed by atoms with van der Waals surface area (Å²) in [5.74, 6) is 0.895. The number of aliphatic hydroxyl groups is 1. The molecule has 1 aromatic carbocycles. The largest absolute Gasteiger partial charge is 0.494 e. The molecule has 0 aromatic heterocycles. The molecule has 2 heteroatoms. The number of rotatable bonds is 5. The average Bonchev–Trinajstić information content (AvgIpc) is 2.21. The average molecular weight is 192 g/mol. The summed E-state index contributed by atoms with van der Waals surface area (Å²) in [6.45, 7) is 2.86. The molecule has 0 aliphatic rings. The third kappa shape index (κ3) is 3.62. The van der Waals surface area contributed by atoms with Crippen LogP contribution in [0.3, 0.4) is 0 Å². The minimum absolute atomic E-state index is 0.202. The molecule has 0 radical (unpaired) electrons. The van der Waals surface area contributed by atoms with E-state index in [4.69, 9.17) is 9.84 Å². The summed E-state index contributed by atoms with van der Waals surface area (Å²) in [5, 5.41) is 8.59. The summed E-state index contributed by atoms with van der Waals surface area (Å²) in [6, 6.07) is 7.89. The highest BCUT2D eigenvalue weighted by molar-refractivity contribution is 5.50. The molecule has 1 aromatic rings. The van der Waals surface area contributed by atoms with Crippen molar-refractivity contribution < 1.29 is 9.84 Å². The van der Waals surface area contributed by atoms with Crippen LogP contribution >= 0.6 is 0 Å². The molecule has 1 rings (SSSR count). The van der Waals surface area contributed by atoms with Crippen molar-refractivity contribution in [3.63, 3.8) is 0 Å². The van der Waals surface area contributed by atoms with Crippen molar-refractivity contribution in [2.75, 3.05) is 13.2 Å². The lowest BCUT2D eigenvalue weighted by Gasteiger charge is -2.02. The fraction of sp³-hybridized carbons (Fsp3) is 0.333. The van der Waals surface area contributed by atoms with Crippen LogP contribution in [0.5, 0.6) is 5.75 Å². The molecule has 0 bridgehead atoms. The molecule has 2 nitrogen and oxygen atoms in total. The van der Waals surface area contributed by atoms with Gasteiger partial charge in [-0.1, -0.05) is 24.3 Å². The number of benzene rings is 1. The molecule has 0 unspecified atom stereocenters. The second-order valence-electron chi connectivity index (χ2n) is 2.92. The molecule has 0 aliphatic heterocycles. The molecular formula is C12H16O2. The summed E-state index contributed by atoms with van der Waals surface area (Å²) >= 11 is 0. The number of aliphatic hydroxyl groups excluding tert-OH is 1. The first-order valence-corrected chi connectivity index (χ1v) is 4.87. The molecule has 0 heterocycles. The summed E-state index contributed by atoms with van der Waals surface area (Å²) < 4.78 is 5.32. The monoisotopic (exact) mass is 192 g/mol. The maximum Gasteiger partial charge on any atom is 0.119 e. The van der Waals surface area contributed by atoms with Gasteiger partial charge in [0.2, 0.25) is 0 Å². The van der Waals surface area contributed by atoms with Crippen LogP contribution < -0.4 is 4.74 Å². The Morgan fingerprint density at radius 3 is 2.57 bits per heavy atom. The van der Waals surface area contributed by atoms with E-state index in [1.165, 1.54) is 0 Å². The minimum atomic E-state index is 0.202. The smallest absolute Gasteiger partial charge is 0.119 e. The van der Waals surface area contributed by atoms with Crippen molar-refractivity contribution in [1.29, 1.82) is 0 Å². The fourth-order valence-corrected chi connectivity index (χ4v) is 1.14. The zero-order valence-corrected chi connectivity index (χ0v) is 8.44. The van der Waals surface area contributed by atoms with Gasteiger partial charge in [-0.25, -0.2) is 0 Å². The van der Waals surface area contributed by atoms with Gasteiger partial charge in [-0.2, -0.15) is 0 Å². The molecule has 0 saturated carbocycles. The van der Waals surface area contributed by atoms with Gasteiger partial charge in [-0.15, -0.1) is 0 Å². The Morgan fingerprint density at radius 2 is 2.00 bits per heavy atom. The van der Waals surface area contributed by atoms with E-state index in [9.17, 15) is 0 Å². The number of hydrogen-bond acceptors (Lipinski definition) is 2. The van der Waals surface area contributed by atoms with Gasteiger partial charge in [0.05, 0.1) is 6.61 Å². The molecule has 0 atom stereocenters. The summed E-state index contributed by atoms with van der Waals surface area (Å²) in [4.78, 5) is 0. The highest BCUT2D eigenvalue weighted by Gasteiger charge is 1.90. The SMILES string of the molecule is CCOc1ccc(C=CCCO)cc1. The van der Waals surface area contributed by atoms with Gasteiger partial charge in [0.25, 0.3) is 0 Å². The lowest BCUT2D eigenvalue weighted by Crippen LogP contribution is -1.90. The van der Waals surface area contributed by atoms with E-state index in [1.807, 2.05) is 43.3 Å². The van der Waals surface area contributed by atoms with Gasteiger partial charge in [0, 0.05) is 6.61 Å². The molecule has 0 fully saturated rings. The van der Waals surface area contributed by atoms with Gasteiger partial charge >= 0.3 is 0 Å². The maximum atomic E-state index is 8.59. The van der Waals surface area contributed by atoms with Gasteiger partial charge in [-0.3, -0.25) is 0 Å². The topological polar surface area (TPSA) is 29.5 Å². The van der Waals surface area contributed by atoms with Crippen molar-refractivity contribution in [2.45, 2.75) is 13.3 Å². The standard InChI is InChI=1S/C12H16O2/c1-2-14-12-8-6-11(7-9-12)5-3-4-10-13/h3,5-9,13H,2,4,10H2,1H3. The van der Waals surface area contributed by atoms with Crippen LogP contribution in [0.25, 0.3) is 6.08 Å². The number of ether oxygens (including phenoxy) is 1. The van der Waals surface area contributed by atoms with Crippen molar-refractivity contribution in [2.24, 2.45) is 0 Å². The quantitative estimate of drug-likeness (QED) is 0.776. The molecule has 0 aliphatic carbocycles. The van der Waals surface area contributed by atoms with Crippen LogP contribution in [0.15, 0.2) is 30.3 Å². The summed E-state index contributed by atoms with van der Waals surface area (Å²) in [6.07, 6.45) is 4.65. The second kappa shape index (κ2) is 6.22. The van der Waals surface area contributed by atoms with E-state index < -0.39 is 0 Å². The fourth-order valence-electron chi connectivity index (χ4n) is 1.14. The van der Waals surface area contributed by atoms with Gasteiger partial charge in [-0.05, 0) is 31.0 Å².